The van der Waals surface area contributed by atoms with Crippen LogP contribution in [0.25, 0.3) is 0 Å². The molecule has 1 aliphatic heterocycles. The van der Waals surface area contributed by atoms with Crippen LogP contribution in [0.1, 0.15) is 66.7 Å². The molecule has 0 aromatic rings. The fraction of sp³-hybridized carbons (Fsp3) is 0.875. The Hall–Kier alpha value is -1.06. The van der Waals surface area contributed by atoms with Crippen LogP contribution in [0.3, 0.4) is 0 Å². The minimum Gasteiger partial charge on any atom is -0.340 e. The Balaban J connectivity index is 2.43. The maximum atomic E-state index is 13.1. The van der Waals surface area contributed by atoms with Gasteiger partial charge in [0.15, 0.2) is 0 Å². The minimum absolute atomic E-state index is 0.0147. The molecule has 1 aliphatic carbocycles. The molecule has 0 spiro atoms. The van der Waals surface area contributed by atoms with E-state index in [9.17, 15) is 9.59 Å². The van der Waals surface area contributed by atoms with Crippen molar-refractivity contribution in [1.82, 2.24) is 10.2 Å². The number of carbonyl (C=O) groups excluding carboxylic acids is 2. The zero-order valence-corrected chi connectivity index (χ0v) is 13.5. The van der Waals surface area contributed by atoms with Crippen molar-refractivity contribution >= 4 is 11.8 Å². The van der Waals surface area contributed by atoms with Crippen LogP contribution in [0.2, 0.25) is 0 Å². The first kappa shape index (κ1) is 15.3. The van der Waals surface area contributed by atoms with Gasteiger partial charge in [-0.1, -0.05) is 20.8 Å². The molecule has 0 radical (unpaired) electrons. The van der Waals surface area contributed by atoms with Gasteiger partial charge in [0.2, 0.25) is 11.8 Å². The Kier molecular flexibility index (Phi) is 3.87. The highest BCUT2D eigenvalue weighted by molar-refractivity contribution is 6.02. The molecule has 2 unspecified atom stereocenters. The van der Waals surface area contributed by atoms with E-state index in [-0.39, 0.29) is 17.9 Å². The van der Waals surface area contributed by atoms with E-state index in [0.717, 1.165) is 25.7 Å². The van der Waals surface area contributed by atoms with Gasteiger partial charge in [-0.05, 0) is 51.9 Å². The summed E-state index contributed by atoms with van der Waals surface area (Å²) in [6.07, 6.45) is 4.53. The van der Waals surface area contributed by atoms with Gasteiger partial charge in [0, 0.05) is 6.04 Å². The molecule has 114 valence electrons. The molecule has 4 nitrogen and oxygen atoms in total. The van der Waals surface area contributed by atoms with Crippen molar-refractivity contribution in [2.24, 2.45) is 5.92 Å². The molecular formula is C16H28N2O2. The zero-order chi connectivity index (χ0) is 15.1. The van der Waals surface area contributed by atoms with E-state index in [1.165, 1.54) is 0 Å². The van der Waals surface area contributed by atoms with Crippen molar-refractivity contribution in [3.05, 3.63) is 0 Å². The first-order valence-electron chi connectivity index (χ1n) is 8.01. The molecule has 2 rings (SSSR count). The van der Waals surface area contributed by atoms with E-state index in [0.29, 0.717) is 12.3 Å². The second-order valence-electron chi connectivity index (χ2n) is 6.70. The number of piperazine rings is 1. The van der Waals surface area contributed by atoms with Crippen molar-refractivity contribution in [2.75, 3.05) is 0 Å². The number of carbonyl (C=O) groups is 2. The second kappa shape index (κ2) is 5.05. The summed E-state index contributed by atoms with van der Waals surface area (Å²) in [4.78, 5) is 27.7. The summed E-state index contributed by atoms with van der Waals surface area (Å²) >= 11 is 0. The van der Waals surface area contributed by atoms with Gasteiger partial charge >= 0.3 is 0 Å². The van der Waals surface area contributed by atoms with E-state index in [1.807, 2.05) is 25.7 Å². The van der Waals surface area contributed by atoms with Crippen molar-refractivity contribution in [3.63, 3.8) is 0 Å². The highest BCUT2D eigenvalue weighted by Crippen LogP contribution is 2.45. The van der Waals surface area contributed by atoms with Crippen LogP contribution in [-0.4, -0.2) is 33.8 Å². The number of nitrogens with zero attached hydrogens (tertiary/aromatic N) is 1. The first-order valence-corrected chi connectivity index (χ1v) is 8.01. The van der Waals surface area contributed by atoms with Crippen molar-refractivity contribution < 1.29 is 9.59 Å². The van der Waals surface area contributed by atoms with Crippen LogP contribution in [-0.2, 0) is 9.59 Å². The molecule has 1 heterocycles. The van der Waals surface area contributed by atoms with Crippen LogP contribution in [0.4, 0.5) is 0 Å². The maximum Gasteiger partial charge on any atom is 0.249 e. The van der Waals surface area contributed by atoms with Gasteiger partial charge in [-0.25, -0.2) is 0 Å². The standard InChI is InChI=1S/C16H28N2O2/c1-6-12(7-2)18-14(20)16(5,11-9-10-11)17-13(19)15(18,4)8-3/h11-12H,6-10H2,1-5H3,(H,17,19). The summed E-state index contributed by atoms with van der Waals surface area (Å²) in [6.45, 7) is 10.00. The predicted octanol–water partition coefficient (Wildman–Crippen LogP) is 2.47. The summed E-state index contributed by atoms with van der Waals surface area (Å²) in [5.74, 6) is 0.454. The molecule has 1 saturated carbocycles. The lowest BCUT2D eigenvalue weighted by Gasteiger charge is -2.53. The predicted molar refractivity (Wildman–Crippen MR) is 79.2 cm³/mol. The molecular weight excluding hydrogens is 252 g/mol. The van der Waals surface area contributed by atoms with Crippen molar-refractivity contribution in [3.8, 4) is 0 Å². The number of nitrogens with one attached hydrogen (secondary N) is 1. The number of rotatable bonds is 5. The lowest BCUT2D eigenvalue weighted by atomic mass is 9.81. The fourth-order valence-electron chi connectivity index (χ4n) is 3.50. The molecule has 1 N–H and O–H groups in total. The van der Waals surface area contributed by atoms with Crippen LogP contribution in [0.5, 0.6) is 0 Å². The molecule has 2 amide bonds. The fourth-order valence-corrected chi connectivity index (χ4v) is 3.50. The molecule has 4 heteroatoms. The van der Waals surface area contributed by atoms with E-state index in [1.54, 1.807) is 0 Å². The summed E-state index contributed by atoms with van der Waals surface area (Å²) < 4.78 is 0. The SMILES string of the molecule is CCC(CC)N1C(=O)C(C)(C2CC2)NC(=O)C1(C)CC. The van der Waals surface area contributed by atoms with Crippen molar-refractivity contribution in [2.45, 2.75) is 83.8 Å². The van der Waals surface area contributed by atoms with Gasteiger partial charge in [0.1, 0.15) is 11.1 Å². The van der Waals surface area contributed by atoms with E-state index >= 15 is 0 Å². The molecule has 0 aromatic heterocycles. The van der Waals surface area contributed by atoms with Gasteiger partial charge in [-0.2, -0.15) is 0 Å². The number of hydrogen-bond donors (Lipinski definition) is 1. The van der Waals surface area contributed by atoms with Crippen LogP contribution >= 0.6 is 0 Å². The quantitative estimate of drug-likeness (QED) is 0.841. The summed E-state index contributed by atoms with van der Waals surface area (Å²) in [5.41, 5.74) is -1.39. The van der Waals surface area contributed by atoms with E-state index < -0.39 is 11.1 Å². The highest BCUT2D eigenvalue weighted by Gasteiger charge is 2.59. The zero-order valence-electron chi connectivity index (χ0n) is 13.5. The van der Waals surface area contributed by atoms with E-state index in [4.69, 9.17) is 0 Å². The number of amides is 2. The van der Waals surface area contributed by atoms with Gasteiger partial charge < -0.3 is 10.2 Å². The van der Waals surface area contributed by atoms with Crippen LogP contribution < -0.4 is 5.32 Å². The van der Waals surface area contributed by atoms with Crippen LogP contribution in [0, 0.1) is 5.92 Å². The topological polar surface area (TPSA) is 49.4 Å². The van der Waals surface area contributed by atoms with E-state index in [2.05, 4.69) is 19.2 Å². The van der Waals surface area contributed by atoms with Crippen molar-refractivity contribution in [1.29, 1.82) is 0 Å². The molecule has 2 aliphatic rings. The van der Waals surface area contributed by atoms with Gasteiger partial charge in [-0.3, -0.25) is 9.59 Å². The third-order valence-corrected chi connectivity index (χ3v) is 5.45. The second-order valence-corrected chi connectivity index (χ2v) is 6.70. The maximum absolute atomic E-state index is 13.1. The lowest BCUT2D eigenvalue weighted by molar-refractivity contribution is -0.166. The highest BCUT2D eigenvalue weighted by atomic mass is 16.2. The largest absolute Gasteiger partial charge is 0.340 e. The normalized spacial score (nSPS) is 34.6. The Morgan fingerprint density at radius 3 is 2.15 bits per heavy atom. The minimum atomic E-state index is -0.706. The average molecular weight is 280 g/mol. The molecule has 2 fully saturated rings. The summed E-state index contributed by atoms with van der Waals surface area (Å²) in [6, 6.07) is 0.150. The molecule has 2 atom stereocenters. The monoisotopic (exact) mass is 280 g/mol. The Morgan fingerprint density at radius 1 is 1.20 bits per heavy atom. The Bertz CT molecular complexity index is 415. The van der Waals surface area contributed by atoms with Gasteiger partial charge in [0.25, 0.3) is 0 Å². The molecule has 1 saturated heterocycles. The average Bonchev–Trinajstić information content (AvgIpc) is 3.26. The van der Waals surface area contributed by atoms with Crippen LogP contribution in [0.15, 0.2) is 0 Å². The molecule has 0 bridgehead atoms. The Labute approximate surface area is 122 Å². The lowest BCUT2D eigenvalue weighted by Crippen LogP contribution is -2.76. The molecule has 0 aromatic carbocycles. The smallest absolute Gasteiger partial charge is 0.249 e. The van der Waals surface area contributed by atoms with Gasteiger partial charge in [-0.15, -0.1) is 0 Å². The van der Waals surface area contributed by atoms with Gasteiger partial charge in [0.05, 0.1) is 0 Å². The first-order chi connectivity index (χ1) is 9.35. The summed E-state index contributed by atoms with van der Waals surface area (Å²) in [5, 5.41) is 3.05. The third kappa shape index (κ3) is 2.04. The Morgan fingerprint density at radius 2 is 1.75 bits per heavy atom. The molecule has 20 heavy (non-hydrogen) atoms. The summed E-state index contributed by atoms with van der Waals surface area (Å²) in [7, 11) is 0. The number of hydrogen-bond acceptors (Lipinski definition) is 2. The third-order valence-electron chi connectivity index (χ3n) is 5.45.